The highest BCUT2D eigenvalue weighted by Crippen LogP contribution is 2.35. The molecule has 0 amide bonds. The summed E-state index contributed by atoms with van der Waals surface area (Å²) in [6, 6.07) is 1.40. The van der Waals surface area contributed by atoms with Crippen molar-refractivity contribution in [1.29, 1.82) is 0 Å². The summed E-state index contributed by atoms with van der Waals surface area (Å²) in [4.78, 5) is 18.6. The molecule has 0 atom stereocenters. The van der Waals surface area contributed by atoms with Crippen molar-refractivity contribution in [1.82, 2.24) is 0 Å². The van der Waals surface area contributed by atoms with E-state index in [4.69, 9.17) is 11.6 Å². The molecule has 6 nitrogen and oxygen atoms in total. The van der Waals surface area contributed by atoms with Gasteiger partial charge in [0.15, 0.2) is 5.02 Å². The zero-order valence-electron chi connectivity index (χ0n) is 6.44. The van der Waals surface area contributed by atoms with Crippen molar-refractivity contribution in [3.05, 3.63) is 43.2 Å². The SMILES string of the molecule is O=[N+]([O-])c1ccc(F)c(Cl)c1[N+](=O)[O-]. The van der Waals surface area contributed by atoms with E-state index < -0.39 is 32.1 Å². The van der Waals surface area contributed by atoms with Crippen LogP contribution in [0.3, 0.4) is 0 Å². The van der Waals surface area contributed by atoms with Crippen LogP contribution in [0.4, 0.5) is 15.8 Å². The van der Waals surface area contributed by atoms with Crippen molar-refractivity contribution < 1.29 is 14.2 Å². The van der Waals surface area contributed by atoms with Gasteiger partial charge in [-0.15, -0.1) is 0 Å². The number of hydrogen-bond donors (Lipinski definition) is 0. The smallest absolute Gasteiger partial charge is 0.258 e. The lowest BCUT2D eigenvalue weighted by molar-refractivity contribution is -0.422. The van der Waals surface area contributed by atoms with Crippen molar-refractivity contribution in [3.8, 4) is 0 Å². The summed E-state index contributed by atoms with van der Waals surface area (Å²) in [5, 5.41) is 19.8. The topological polar surface area (TPSA) is 86.3 Å². The van der Waals surface area contributed by atoms with Crippen LogP contribution in [0.15, 0.2) is 12.1 Å². The molecule has 0 fully saturated rings. The second-order valence-electron chi connectivity index (χ2n) is 2.24. The maximum atomic E-state index is 12.7. The average Bonchev–Trinajstić information content (AvgIpc) is 2.08. The van der Waals surface area contributed by atoms with Gasteiger partial charge in [0.2, 0.25) is 0 Å². The third kappa shape index (κ3) is 1.62. The Kier molecular flexibility index (Phi) is 2.61. The minimum absolute atomic E-state index is 0.694. The Labute approximate surface area is 81.2 Å². The van der Waals surface area contributed by atoms with Crippen LogP contribution in [0.5, 0.6) is 0 Å². The predicted octanol–water partition coefficient (Wildman–Crippen LogP) is 2.30. The summed E-state index contributed by atoms with van der Waals surface area (Å²) >= 11 is 5.22. The lowest BCUT2D eigenvalue weighted by Crippen LogP contribution is -1.98. The minimum Gasteiger partial charge on any atom is -0.258 e. The Hall–Kier alpha value is -1.76. The third-order valence-electron chi connectivity index (χ3n) is 1.43. The maximum Gasteiger partial charge on any atom is 0.367 e. The van der Waals surface area contributed by atoms with Crippen LogP contribution in [0, 0.1) is 26.0 Å². The van der Waals surface area contributed by atoms with Gasteiger partial charge >= 0.3 is 11.4 Å². The fraction of sp³-hybridized carbons (Fsp3) is 0. The van der Waals surface area contributed by atoms with E-state index in [9.17, 15) is 24.6 Å². The Bertz CT molecular complexity index is 423. The molecule has 0 aromatic heterocycles. The molecule has 0 aliphatic heterocycles. The molecule has 14 heavy (non-hydrogen) atoms. The zero-order chi connectivity index (χ0) is 10.9. The Morgan fingerprint density at radius 3 is 2.21 bits per heavy atom. The van der Waals surface area contributed by atoms with Crippen molar-refractivity contribution in [2.24, 2.45) is 0 Å². The minimum atomic E-state index is -1.09. The van der Waals surface area contributed by atoms with E-state index in [1.165, 1.54) is 0 Å². The van der Waals surface area contributed by atoms with Crippen molar-refractivity contribution >= 4 is 23.0 Å². The summed E-state index contributed by atoms with van der Waals surface area (Å²) in [5.41, 5.74) is -1.86. The first-order chi connectivity index (χ1) is 6.45. The molecule has 8 heteroatoms. The second-order valence-corrected chi connectivity index (χ2v) is 2.62. The summed E-state index contributed by atoms with van der Waals surface area (Å²) in [6.07, 6.45) is 0. The maximum absolute atomic E-state index is 12.7. The lowest BCUT2D eigenvalue weighted by atomic mass is 10.2. The molecule has 0 saturated heterocycles. The first-order valence-electron chi connectivity index (χ1n) is 3.22. The van der Waals surface area contributed by atoms with Gasteiger partial charge in [0.25, 0.3) is 0 Å². The Balaban J connectivity index is 3.53. The van der Waals surface area contributed by atoms with Crippen LogP contribution in [-0.2, 0) is 0 Å². The van der Waals surface area contributed by atoms with Gasteiger partial charge < -0.3 is 0 Å². The van der Waals surface area contributed by atoms with Crippen LogP contribution in [0.1, 0.15) is 0 Å². The molecule has 0 bridgehead atoms. The molecular formula is C6H2ClFN2O4. The van der Waals surface area contributed by atoms with Gasteiger partial charge in [-0.05, 0) is 6.07 Å². The molecule has 0 unspecified atom stereocenters. The highest BCUT2D eigenvalue weighted by molar-refractivity contribution is 6.33. The summed E-state index contributed by atoms with van der Waals surface area (Å²) in [5.74, 6) is -1.07. The third-order valence-corrected chi connectivity index (χ3v) is 1.79. The molecule has 0 aliphatic carbocycles. The molecule has 1 aromatic carbocycles. The molecule has 0 saturated carbocycles. The average molecular weight is 221 g/mol. The normalized spacial score (nSPS) is 9.86. The fourth-order valence-electron chi connectivity index (χ4n) is 0.851. The van der Waals surface area contributed by atoms with Crippen LogP contribution < -0.4 is 0 Å². The van der Waals surface area contributed by atoms with Gasteiger partial charge in [-0.25, -0.2) is 4.39 Å². The second kappa shape index (κ2) is 3.54. The van der Waals surface area contributed by atoms with Gasteiger partial charge in [-0.2, -0.15) is 0 Å². The Morgan fingerprint density at radius 1 is 1.21 bits per heavy atom. The first kappa shape index (κ1) is 10.3. The number of halogens is 2. The summed E-state index contributed by atoms with van der Waals surface area (Å²) in [7, 11) is 0. The van der Waals surface area contributed by atoms with Gasteiger partial charge in [-0.3, -0.25) is 20.2 Å². The van der Waals surface area contributed by atoms with Gasteiger partial charge in [0.1, 0.15) is 5.82 Å². The van der Waals surface area contributed by atoms with Gasteiger partial charge in [0.05, 0.1) is 9.85 Å². The molecule has 0 heterocycles. The molecule has 0 radical (unpaired) electrons. The van der Waals surface area contributed by atoms with Gasteiger partial charge in [-0.1, -0.05) is 11.6 Å². The fourth-order valence-corrected chi connectivity index (χ4v) is 1.08. The standard InChI is InChI=1S/C6H2ClFN2O4/c7-5-3(8)1-2-4(9(11)12)6(5)10(13)14/h1-2H. The van der Waals surface area contributed by atoms with E-state index in [2.05, 4.69) is 0 Å². The largest absolute Gasteiger partial charge is 0.367 e. The molecule has 74 valence electrons. The molecule has 1 rings (SSSR count). The van der Waals surface area contributed by atoms with Gasteiger partial charge in [0, 0.05) is 6.07 Å². The highest BCUT2D eigenvalue weighted by atomic mass is 35.5. The number of benzene rings is 1. The monoisotopic (exact) mass is 220 g/mol. The number of rotatable bonds is 2. The van der Waals surface area contributed by atoms with Crippen molar-refractivity contribution in [3.63, 3.8) is 0 Å². The number of nitro benzene ring substituents is 2. The van der Waals surface area contributed by atoms with E-state index in [-0.39, 0.29) is 0 Å². The zero-order valence-corrected chi connectivity index (χ0v) is 7.19. The molecule has 0 N–H and O–H groups in total. The number of nitro groups is 2. The van der Waals surface area contributed by atoms with E-state index in [0.29, 0.717) is 12.1 Å². The van der Waals surface area contributed by atoms with E-state index in [0.717, 1.165) is 0 Å². The van der Waals surface area contributed by atoms with E-state index in [1.54, 1.807) is 0 Å². The lowest BCUT2D eigenvalue weighted by Gasteiger charge is -1.97. The van der Waals surface area contributed by atoms with Crippen LogP contribution >= 0.6 is 11.6 Å². The summed E-state index contributed by atoms with van der Waals surface area (Å²) in [6.45, 7) is 0. The van der Waals surface area contributed by atoms with E-state index in [1.807, 2.05) is 0 Å². The predicted molar refractivity (Wildman–Crippen MR) is 44.7 cm³/mol. The quantitative estimate of drug-likeness (QED) is 0.565. The molecular weight excluding hydrogens is 219 g/mol. The van der Waals surface area contributed by atoms with Crippen molar-refractivity contribution in [2.45, 2.75) is 0 Å². The molecule has 1 aromatic rings. The summed E-state index contributed by atoms with van der Waals surface area (Å²) < 4.78 is 12.7. The van der Waals surface area contributed by atoms with Crippen LogP contribution in [0.25, 0.3) is 0 Å². The number of hydrogen-bond acceptors (Lipinski definition) is 4. The van der Waals surface area contributed by atoms with Crippen LogP contribution in [0.2, 0.25) is 5.02 Å². The van der Waals surface area contributed by atoms with Crippen LogP contribution in [-0.4, -0.2) is 9.85 Å². The highest BCUT2D eigenvalue weighted by Gasteiger charge is 2.29. The number of nitrogens with zero attached hydrogens (tertiary/aromatic N) is 2. The molecule has 0 aliphatic rings. The van der Waals surface area contributed by atoms with E-state index >= 15 is 0 Å². The first-order valence-corrected chi connectivity index (χ1v) is 3.59. The van der Waals surface area contributed by atoms with Crippen molar-refractivity contribution in [2.75, 3.05) is 0 Å². The Morgan fingerprint density at radius 2 is 1.79 bits per heavy atom. The molecule has 0 spiro atoms.